The number of sulfonamides is 1. The first kappa shape index (κ1) is 24.2. The summed E-state index contributed by atoms with van der Waals surface area (Å²) in [6.07, 6.45) is 3.55. The Balaban J connectivity index is 1.37. The van der Waals surface area contributed by atoms with Crippen LogP contribution in [-0.2, 0) is 21.2 Å². The zero-order valence-corrected chi connectivity index (χ0v) is 20.4. The van der Waals surface area contributed by atoms with Gasteiger partial charge in [0.25, 0.3) is 5.91 Å². The Morgan fingerprint density at radius 1 is 1.24 bits per heavy atom. The molecule has 10 heteroatoms. The van der Waals surface area contributed by atoms with Gasteiger partial charge in [0.05, 0.1) is 4.90 Å². The monoisotopic (exact) mass is 485 g/mol. The minimum Gasteiger partial charge on any atom is -0.385 e. The van der Waals surface area contributed by atoms with Crippen molar-refractivity contribution in [3.05, 3.63) is 54.1 Å². The highest BCUT2D eigenvalue weighted by Crippen LogP contribution is 2.25. The molecule has 2 heterocycles. The summed E-state index contributed by atoms with van der Waals surface area (Å²) in [5.74, 6) is 0.0478. The van der Waals surface area contributed by atoms with E-state index in [0.717, 1.165) is 30.5 Å². The summed E-state index contributed by atoms with van der Waals surface area (Å²) in [5, 5.41) is 10.9. The van der Waals surface area contributed by atoms with Gasteiger partial charge in [-0.3, -0.25) is 4.79 Å². The zero-order valence-electron chi connectivity index (χ0n) is 19.6. The minimum atomic E-state index is -3.63. The van der Waals surface area contributed by atoms with E-state index in [1.54, 1.807) is 6.07 Å². The molecule has 2 unspecified atom stereocenters. The number of nitrogens with zero attached hydrogens (tertiary/aromatic N) is 4. The molecule has 0 saturated carbocycles. The third kappa shape index (κ3) is 5.74. The third-order valence-corrected chi connectivity index (χ3v) is 7.94. The SMILES string of the molecule is CC1CCCN(S(=O)(=O)c2ccc3nnn(OCC(=O)NC(C)CCc4ccccc4)c3c2)C1. The maximum absolute atomic E-state index is 13.1. The molecule has 0 spiro atoms. The van der Waals surface area contributed by atoms with Gasteiger partial charge in [0, 0.05) is 19.1 Å². The molecular weight excluding hydrogens is 454 g/mol. The predicted molar refractivity (Wildman–Crippen MR) is 128 cm³/mol. The number of carbonyl (C=O) groups excluding carboxylic acids is 1. The van der Waals surface area contributed by atoms with Crippen LogP contribution < -0.4 is 10.2 Å². The van der Waals surface area contributed by atoms with Crippen molar-refractivity contribution in [2.24, 2.45) is 5.92 Å². The highest BCUT2D eigenvalue weighted by atomic mass is 32.2. The number of carbonyl (C=O) groups is 1. The van der Waals surface area contributed by atoms with Crippen LogP contribution >= 0.6 is 0 Å². The number of aromatic nitrogens is 3. The van der Waals surface area contributed by atoms with Crippen LogP contribution in [0.5, 0.6) is 0 Å². The van der Waals surface area contributed by atoms with Crippen molar-refractivity contribution < 1.29 is 18.0 Å². The maximum atomic E-state index is 13.1. The van der Waals surface area contributed by atoms with Gasteiger partial charge in [-0.2, -0.15) is 4.31 Å². The Morgan fingerprint density at radius 3 is 2.79 bits per heavy atom. The Morgan fingerprint density at radius 2 is 2.03 bits per heavy atom. The van der Waals surface area contributed by atoms with Gasteiger partial charge in [-0.15, -0.1) is 5.10 Å². The molecule has 0 radical (unpaired) electrons. The second-order valence-electron chi connectivity index (χ2n) is 8.99. The van der Waals surface area contributed by atoms with Crippen LogP contribution in [0.3, 0.4) is 0 Å². The largest absolute Gasteiger partial charge is 0.385 e. The van der Waals surface area contributed by atoms with E-state index in [2.05, 4.69) is 34.7 Å². The number of rotatable bonds is 9. The maximum Gasteiger partial charge on any atom is 0.260 e. The average Bonchev–Trinajstić information content (AvgIpc) is 3.24. The summed E-state index contributed by atoms with van der Waals surface area (Å²) in [7, 11) is -3.63. The van der Waals surface area contributed by atoms with E-state index in [9.17, 15) is 13.2 Å². The zero-order chi connectivity index (χ0) is 24.1. The smallest absolute Gasteiger partial charge is 0.260 e. The van der Waals surface area contributed by atoms with Gasteiger partial charge in [-0.1, -0.05) is 42.1 Å². The van der Waals surface area contributed by atoms with Crippen LogP contribution in [0, 0.1) is 5.92 Å². The first-order chi connectivity index (χ1) is 16.3. The molecule has 34 heavy (non-hydrogen) atoms. The normalized spacial score (nSPS) is 18.0. The van der Waals surface area contributed by atoms with Gasteiger partial charge in [-0.25, -0.2) is 8.42 Å². The quantitative estimate of drug-likeness (QED) is 0.499. The van der Waals surface area contributed by atoms with E-state index >= 15 is 0 Å². The summed E-state index contributed by atoms with van der Waals surface area (Å²) < 4.78 is 27.8. The van der Waals surface area contributed by atoms with E-state index in [1.165, 1.54) is 22.0 Å². The molecule has 1 fully saturated rings. The summed E-state index contributed by atoms with van der Waals surface area (Å²) in [6, 6.07) is 14.7. The van der Waals surface area contributed by atoms with Crippen LogP contribution in [0.2, 0.25) is 0 Å². The van der Waals surface area contributed by atoms with Crippen LogP contribution in [-0.4, -0.2) is 59.5 Å². The molecule has 4 rings (SSSR count). The molecule has 2 atom stereocenters. The molecule has 9 nitrogen and oxygen atoms in total. The molecule has 2 aromatic carbocycles. The number of hydrogen-bond acceptors (Lipinski definition) is 6. The molecule has 1 aromatic heterocycles. The highest BCUT2D eigenvalue weighted by Gasteiger charge is 2.29. The summed E-state index contributed by atoms with van der Waals surface area (Å²) in [5.41, 5.74) is 2.11. The second-order valence-corrected chi connectivity index (χ2v) is 10.9. The lowest BCUT2D eigenvalue weighted by molar-refractivity contribution is -0.126. The van der Waals surface area contributed by atoms with Gasteiger partial charge in [-0.05, 0) is 67.5 Å². The molecule has 1 saturated heterocycles. The van der Waals surface area contributed by atoms with Gasteiger partial charge in [0.15, 0.2) is 6.61 Å². The Labute approximate surface area is 200 Å². The van der Waals surface area contributed by atoms with E-state index in [4.69, 9.17) is 4.84 Å². The number of hydrogen-bond donors (Lipinski definition) is 1. The average molecular weight is 486 g/mol. The van der Waals surface area contributed by atoms with Gasteiger partial charge in [0.2, 0.25) is 10.0 Å². The van der Waals surface area contributed by atoms with E-state index in [1.807, 2.05) is 25.1 Å². The lowest BCUT2D eigenvalue weighted by atomic mass is 10.0. The first-order valence-corrected chi connectivity index (χ1v) is 13.1. The van der Waals surface area contributed by atoms with Crippen LogP contribution in [0.1, 0.15) is 38.7 Å². The van der Waals surface area contributed by atoms with Crippen molar-refractivity contribution in [3.63, 3.8) is 0 Å². The number of amides is 1. The third-order valence-electron chi connectivity index (χ3n) is 6.08. The van der Waals surface area contributed by atoms with Crippen molar-refractivity contribution in [3.8, 4) is 0 Å². The lowest BCUT2D eigenvalue weighted by Gasteiger charge is -2.30. The molecule has 182 valence electrons. The predicted octanol–water partition coefficient (Wildman–Crippen LogP) is 2.42. The molecule has 1 aliphatic heterocycles. The van der Waals surface area contributed by atoms with E-state index < -0.39 is 10.0 Å². The van der Waals surface area contributed by atoms with Crippen LogP contribution in [0.4, 0.5) is 0 Å². The van der Waals surface area contributed by atoms with E-state index in [-0.39, 0.29) is 23.5 Å². The van der Waals surface area contributed by atoms with E-state index in [0.29, 0.717) is 30.0 Å². The molecule has 0 aliphatic carbocycles. The fourth-order valence-corrected chi connectivity index (χ4v) is 5.80. The molecule has 0 bridgehead atoms. The van der Waals surface area contributed by atoms with Gasteiger partial charge >= 0.3 is 0 Å². The number of aryl methyl sites for hydroxylation is 1. The first-order valence-electron chi connectivity index (χ1n) is 11.6. The number of nitrogens with one attached hydrogen (secondary N) is 1. The summed E-state index contributed by atoms with van der Waals surface area (Å²) in [4.78, 5) is 19.2. The van der Waals surface area contributed by atoms with Crippen molar-refractivity contribution in [1.82, 2.24) is 24.8 Å². The van der Waals surface area contributed by atoms with Gasteiger partial charge in [0.1, 0.15) is 11.0 Å². The molecular formula is C24H31N5O4S. The minimum absolute atomic E-state index is 0.0209. The molecule has 1 aliphatic rings. The fourth-order valence-electron chi connectivity index (χ4n) is 4.18. The van der Waals surface area contributed by atoms with Gasteiger partial charge < -0.3 is 10.2 Å². The number of fused-ring (bicyclic) bond motifs is 1. The summed E-state index contributed by atoms with van der Waals surface area (Å²) in [6.45, 7) is 4.78. The van der Waals surface area contributed by atoms with Crippen molar-refractivity contribution >= 4 is 27.0 Å². The molecule has 1 amide bonds. The fraction of sp³-hybridized carbons (Fsp3) is 0.458. The molecule has 1 N–H and O–H groups in total. The number of benzene rings is 2. The highest BCUT2D eigenvalue weighted by molar-refractivity contribution is 7.89. The molecule has 3 aromatic rings. The topological polar surface area (TPSA) is 106 Å². The van der Waals surface area contributed by atoms with Crippen LogP contribution in [0.15, 0.2) is 53.4 Å². The van der Waals surface area contributed by atoms with Crippen LogP contribution in [0.25, 0.3) is 11.0 Å². The Bertz CT molecular complexity index is 1230. The summed E-state index contributed by atoms with van der Waals surface area (Å²) >= 11 is 0. The standard InChI is InChI=1S/C24H31N5O4S/c1-18-7-6-14-28(16-18)34(31,32)21-12-13-22-23(15-21)29(27-26-22)33-17-24(30)25-19(2)10-11-20-8-4-3-5-9-20/h3-5,8-9,12-13,15,18-19H,6-7,10-11,14,16-17H2,1-2H3,(H,25,30). The Kier molecular flexibility index (Phi) is 7.47. The Hall–Kier alpha value is -2.98. The second kappa shape index (κ2) is 10.5. The lowest BCUT2D eigenvalue weighted by Crippen LogP contribution is -2.39. The van der Waals surface area contributed by atoms with Crippen molar-refractivity contribution in [2.45, 2.75) is 50.5 Å². The van der Waals surface area contributed by atoms with Crippen molar-refractivity contribution in [1.29, 1.82) is 0 Å². The van der Waals surface area contributed by atoms with Crippen molar-refractivity contribution in [2.75, 3.05) is 19.7 Å². The number of piperidine rings is 1.